The van der Waals surface area contributed by atoms with E-state index in [-0.39, 0.29) is 17.1 Å². The van der Waals surface area contributed by atoms with Crippen molar-refractivity contribution in [2.45, 2.75) is 11.4 Å². The van der Waals surface area contributed by atoms with E-state index in [0.29, 0.717) is 37.8 Å². The highest BCUT2D eigenvalue weighted by Crippen LogP contribution is 2.29. The minimum atomic E-state index is -3.69. The lowest BCUT2D eigenvalue weighted by molar-refractivity contribution is -0.117. The minimum absolute atomic E-state index is 0.0945. The number of likely N-dealkylation sites (N-methyl/N-ethyl adjacent to an activating group) is 1. The molecule has 4 rings (SSSR count). The highest BCUT2D eigenvalue weighted by Gasteiger charge is 2.28. The average molecular weight is 478 g/mol. The number of carbonyl (C=O) groups is 1. The molecule has 1 N–H and O–H groups in total. The van der Waals surface area contributed by atoms with Gasteiger partial charge in [0.2, 0.25) is 21.8 Å². The summed E-state index contributed by atoms with van der Waals surface area (Å²) in [4.78, 5) is 16.8. The van der Waals surface area contributed by atoms with Crippen LogP contribution in [0.5, 0.6) is 5.75 Å². The van der Waals surface area contributed by atoms with Crippen LogP contribution in [0.3, 0.4) is 0 Å². The number of aromatic nitrogens is 4. The number of amides is 1. The Morgan fingerprint density at radius 3 is 2.69 bits per heavy atom. The second kappa shape index (κ2) is 9.32. The smallest absolute Gasteiger partial charge is 0.248 e. The van der Waals surface area contributed by atoms with Crippen LogP contribution in [-0.2, 0) is 21.4 Å². The van der Waals surface area contributed by atoms with Gasteiger partial charge in [0.05, 0.1) is 22.6 Å². The number of carbonyl (C=O) groups excluding carboxylic acids is 1. The first-order valence-electron chi connectivity index (χ1n) is 9.85. The molecule has 0 radical (unpaired) electrons. The van der Waals surface area contributed by atoms with Crippen molar-refractivity contribution in [3.05, 3.63) is 35.7 Å². The van der Waals surface area contributed by atoms with Crippen molar-refractivity contribution in [3.63, 3.8) is 0 Å². The Balaban J connectivity index is 1.49. The standard InChI is InChI=1S/C19H23N7O4S2/c1-24-7-9-25(10-8-24)32(28,29)14-5-6-16(30-2)15(12-14)20-18(27)13-26-22-19(21-23-26)17-4-3-11-31-17/h3-6,11-12H,7-10,13H2,1-2H3,(H,20,27). The molecule has 3 heterocycles. The van der Waals surface area contributed by atoms with E-state index >= 15 is 0 Å². The molecule has 1 fully saturated rings. The monoisotopic (exact) mass is 477 g/mol. The molecule has 170 valence electrons. The van der Waals surface area contributed by atoms with Gasteiger partial charge in [0.25, 0.3) is 0 Å². The second-order valence-corrected chi connectivity index (χ2v) is 10.1. The Labute approximate surface area is 189 Å². The van der Waals surface area contributed by atoms with E-state index in [0.717, 1.165) is 4.88 Å². The normalized spacial score (nSPS) is 15.6. The van der Waals surface area contributed by atoms with Gasteiger partial charge in [-0.3, -0.25) is 4.79 Å². The van der Waals surface area contributed by atoms with Gasteiger partial charge in [-0.1, -0.05) is 6.07 Å². The van der Waals surface area contributed by atoms with Gasteiger partial charge < -0.3 is 15.0 Å². The first-order valence-corrected chi connectivity index (χ1v) is 12.2. The molecule has 1 aliphatic heterocycles. The Bertz CT molecular complexity index is 1190. The van der Waals surface area contributed by atoms with Crippen molar-refractivity contribution < 1.29 is 17.9 Å². The van der Waals surface area contributed by atoms with E-state index in [1.165, 1.54) is 45.7 Å². The summed E-state index contributed by atoms with van der Waals surface area (Å²) < 4.78 is 32.9. The van der Waals surface area contributed by atoms with Crippen LogP contribution < -0.4 is 10.1 Å². The number of tetrazole rings is 1. The number of thiophene rings is 1. The van der Waals surface area contributed by atoms with Crippen LogP contribution in [0, 0.1) is 0 Å². The first kappa shape index (κ1) is 22.3. The summed E-state index contributed by atoms with van der Waals surface area (Å²) in [6.07, 6.45) is 0. The predicted molar refractivity (Wildman–Crippen MR) is 119 cm³/mol. The summed E-state index contributed by atoms with van der Waals surface area (Å²) in [5.74, 6) is 0.347. The number of ether oxygens (including phenoxy) is 1. The molecule has 13 heteroatoms. The molecule has 0 saturated carbocycles. The first-order chi connectivity index (χ1) is 15.4. The molecule has 1 saturated heterocycles. The summed E-state index contributed by atoms with van der Waals surface area (Å²) in [5.41, 5.74) is 0.256. The zero-order valence-electron chi connectivity index (χ0n) is 17.6. The third-order valence-corrected chi connectivity index (χ3v) is 7.78. The Morgan fingerprint density at radius 2 is 2.00 bits per heavy atom. The Morgan fingerprint density at radius 1 is 1.22 bits per heavy atom. The Kier molecular flexibility index (Phi) is 6.50. The lowest BCUT2D eigenvalue weighted by atomic mass is 10.3. The van der Waals surface area contributed by atoms with E-state index in [1.54, 1.807) is 0 Å². The van der Waals surface area contributed by atoms with Gasteiger partial charge >= 0.3 is 0 Å². The lowest BCUT2D eigenvalue weighted by Crippen LogP contribution is -2.47. The van der Waals surface area contributed by atoms with Crippen molar-refractivity contribution in [2.24, 2.45) is 0 Å². The fourth-order valence-corrected chi connectivity index (χ4v) is 5.35. The van der Waals surface area contributed by atoms with E-state index in [4.69, 9.17) is 4.74 Å². The molecule has 2 aromatic heterocycles. The van der Waals surface area contributed by atoms with Crippen molar-refractivity contribution in [1.82, 2.24) is 29.4 Å². The van der Waals surface area contributed by atoms with Gasteiger partial charge in [-0.15, -0.1) is 21.5 Å². The van der Waals surface area contributed by atoms with Gasteiger partial charge in [0.15, 0.2) is 0 Å². The third-order valence-electron chi connectivity index (χ3n) is 5.02. The largest absolute Gasteiger partial charge is 0.495 e. The molecule has 0 bridgehead atoms. The molecular formula is C19H23N7O4S2. The number of anilines is 1. The third kappa shape index (κ3) is 4.80. The number of sulfonamides is 1. The quantitative estimate of drug-likeness (QED) is 0.534. The van der Waals surface area contributed by atoms with Gasteiger partial charge in [0.1, 0.15) is 12.3 Å². The van der Waals surface area contributed by atoms with Crippen LogP contribution in [0.2, 0.25) is 0 Å². The second-order valence-electron chi connectivity index (χ2n) is 7.24. The fourth-order valence-electron chi connectivity index (χ4n) is 3.26. The molecule has 1 aliphatic rings. The highest BCUT2D eigenvalue weighted by atomic mass is 32.2. The van der Waals surface area contributed by atoms with E-state index in [1.807, 2.05) is 24.6 Å². The van der Waals surface area contributed by atoms with Crippen LogP contribution >= 0.6 is 11.3 Å². The molecule has 1 amide bonds. The molecule has 0 atom stereocenters. The number of piperazine rings is 1. The summed E-state index contributed by atoms with van der Waals surface area (Å²) in [6.45, 7) is 1.97. The van der Waals surface area contributed by atoms with Gasteiger partial charge in [-0.05, 0) is 41.9 Å². The number of nitrogens with one attached hydrogen (secondary N) is 1. The zero-order chi connectivity index (χ0) is 22.7. The molecule has 0 spiro atoms. The number of hydrogen-bond acceptors (Lipinski definition) is 9. The summed E-state index contributed by atoms with van der Waals surface area (Å²) >= 11 is 1.47. The molecule has 3 aromatic rings. The van der Waals surface area contributed by atoms with Crippen molar-refractivity contribution in [3.8, 4) is 16.5 Å². The number of nitrogens with zero attached hydrogens (tertiary/aromatic N) is 6. The molecule has 0 unspecified atom stereocenters. The molecule has 32 heavy (non-hydrogen) atoms. The summed E-state index contributed by atoms with van der Waals surface area (Å²) in [5, 5.41) is 16.7. The fraction of sp³-hybridized carbons (Fsp3) is 0.368. The van der Waals surface area contributed by atoms with Crippen LogP contribution in [0.15, 0.2) is 40.6 Å². The molecule has 1 aromatic carbocycles. The SMILES string of the molecule is COc1ccc(S(=O)(=O)N2CCN(C)CC2)cc1NC(=O)Cn1nnc(-c2cccs2)n1. The summed E-state index contributed by atoms with van der Waals surface area (Å²) in [7, 11) is -0.281. The predicted octanol–water partition coefficient (Wildman–Crippen LogP) is 0.985. The van der Waals surface area contributed by atoms with Gasteiger partial charge in [0, 0.05) is 26.2 Å². The maximum atomic E-state index is 13.1. The zero-order valence-corrected chi connectivity index (χ0v) is 19.3. The van der Waals surface area contributed by atoms with Crippen molar-refractivity contribution >= 4 is 33.0 Å². The minimum Gasteiger partial charge on any atom is -0.495 e. The highest BCUT2D eigenvalue weighted by molar-refractivity contribution is 7.89. The topological polar surface area (TPSA) is 123 Å². The van der Waals surface area contributed by atoms with Crippen LogP contribution in [-0.4, -0.2) is 84.1 Å². The van der Waals surface area contributed by atoms with Crippen LogP contribution in [0.25, 0.3) is 10.7 Å². The maximum absolute atomic E-state index is 13.1. The maximum Gasteiger partial charge on any atom is 0.248 e. The lowest BCUT2D eigenvalue weighted by Gasteiger charge is -2.31. The molecular weight excluding hydrogens is 454 g/mol. The van der Waals surface area contributed by atoms with Crippen molar-refractivity contribution in [1.29, 1.82) is 0 Å². The number of rotatable bonds is 7. The van der Waals surface area contributed by atoms with E-state index in [2.05, 4.69) is 25.6 Å². The van der Waals surface area contributed by atoms with Crippen LogP contribution in [0.1, 0.15) is 0 Å². The van der Waals surface area contributed by atoms with Gasteiger partial charge in [-0.25, -0.2) is 8.42 Å². The molecule has 0 aliphatic carbocycles. The summed E-state index contributed by atoms with van der Waals surface area (Å²) in [6, 6.07) is 8.16. The van der Waals surface area contributed by atoms with E-state index < -0.39 is 15.9 Å². The number of benzene rings is 1. The molecule has 11 nitrogen and oxygen atoms in total. The van der Waals surface area contributed by atoms with Crippen molar-refractivity contribution in [2.75, 3.05) is 45.7 Å². The Hall–Kier alpha value is -2.87. The van der Waals surface area contributed by atoms with Gasteiger partial charge in [-0.2, -0.15) is 9.10 Å². The average Bonchev–Trinajstić information content (AvgIpc) is 3.46. The van der Waals surface area contributed by atoms with Crippen LogP contribution in [0.4, 0.5) is 5.69 Å². The van der Waals surface area contributed by atoms with E-state index in [9.17, 15) is 13.2 Å². The number of hydrogen-bond donors (Lipinski definition) is 1. The number of methoxy groups -OCH3 is 1.